The summed E-state index contributed by atoms with van der Waals surface area (Å²) in [6.07, 6.45) is 0.906. The Morgan fingerprint density at radius 1 is 1.05 bits per heavy atom. The van der Waals surface area contributed by atoms with Crippen LogP contribution in [0.25, 0.3) is 0 Å². The fourth-order valence-electron chi connectivity index (χ4n) is 1.77. The maximum absolute atomic E-state index is 12.8. The van der Waals surface area contributed by atoms with Gasteiger partial charge in [0.2, 0.25) is 0 Å². The zero-order valence-electron chi connectivity index (χ0n) is 11.1. The first-order valence-electron chi connectivity index (χ1n) is 6.43. The maximum Gasteiger partial charge on any atom is 0.163 e. The predicted molar refractivity (Wildman–Crippen MR) is 81.9 cm³/mol. The molecule has 0 radical (unpaired) electrons. The second-order valence-electron chi connectivity index (χ2n) is 4.46. The van der Waals surface area contributed by atoms with Crippen LogP contribution in [0, 0.1) is 5.82 Å². The highest BCUT2D eigenvalue weighted by molar-refractivity contribution is 6.42. The van der Waals surface area contributed by atoms with Crippen LogP contribution in [-0.2, 0) is 0 Å². The van der Waals surface area contributed by atoms with E-state index >= 15 is 0 Å². The largest absolute Gasteiger partial charge is 0.494 e. The fraction of sp³-hybridized carbons (Fsp3) is 0.188. The summed E-state index contributed by atoms with van der Waals surface area (Å²) in [5.74, 6) is 0.223. The Labute approximate surface area is 132 Å². The quantitative estimate of drug-likeness (QED) is 0.540. The van der Waals surface area contributed by atoms with Gasteiger partial charge in [0.25, 0.3) is 0 Å². The molecule has 0 amide bonds. The monoisotopic (exact) mass is 326 g/mol. The number of carbonyl (C=O) groups excluding carboxylic acids is 1. The van der Waals surface area contributed by atoms with E-state index in [0.717, 1.165) is 0 Å². The normalized spacial score (nSPS) is 10.4. The fourth-order valence-corrected chi connectivity index (χ4v) is 2.06. The van der Waals surface area contributed by atoms with Crippen molar-refractivity contribution in [1.29, 1.82) is 0 Å². The molecule has 2 aromatic rings. The van der Waals surface area contributed by atoms with Gasteiger partial charge < -0.3 is 4.74 Å². The van der Waals surface area contributed by atoms with Gasteiger partial charge in [-0.1, -0.05) is 23.2 Å². The van der Waals surface area contributed by atoms with Crippen molar-refractivity contribution in [1.82, 2.24) is 0 Å². The molecular weight excluding hydrogens is 314 g/mol. The Morgan fingerprint density at radius 3 is 2.43 bits per heavy atom. The SMILES string of the molecule is O=C(CCCOc1ccc(Cl)c(Cl)c1)c1ccc(F)cc1. The van der Waals surface area contributed by atoms with E-state index in [1.165, 1.54) is 24.3 Å². The molecule has 0 fully saturated rings. The minimum atomic E-state index is -0.352. The Morgan fingerprint density at radius 2 is 1.76 bits per heavy atom. The average molecular weight is 327 g/mol. The first-order chi connectivity index (χ1) is 10.1. The van der Waals surface area contributed by atoms with E-state index in [1.807, 2.05) is 0 Å². The van der Waals surface area contributed by atoms with Crippen LogP contribution < -0.4 is 4.74 Å². The predicted octanol–water partition coefficient (Wildman–Crippen LogP) is 5.17. The minimum absolute atomic E-state index is 0.0345. The molecule has 0 unspecified atom stereocenters. The molecule has 0 aliphatic carbocycles. The van der Waals surface area contributed by atoms with Gasteiger partial charge in [-0.15, -0.1) is 0 Å². The number of rotatable bonds is 6. The zero-order chi connectivity index (χ0) is 15.2. The summed E-state index contributed by atoms with van der Waals surface area (Å²) in [6, 6.07) is 10.5. The standard InChI is InChI=1S/C16H13Cl2FO2/c17-14-8-7-13(10-15(14)18)21-9-1-2-16(20)11-3-5-12(19)6-4-11/h3-8,10H,1-2,9H2. The van der Waals surface area contributed by atoms with Crippen molar-refractivity contribution in [2.45, 2.75) is 12.8 Å². The van der Waals surface area contributed by atoms with Crippen LogP contribution in [0.5, 0.6) is 5.75 Å². The maximum atomic E-state index is 12.8. The Bertz CT molecular complexity index is 627. The van der Waals surface area contributed by atoms with Crippen molar-refractivity contribution in [2.24, 2.45) is 0 Å². The van der Waals surface area contributed by atoms with E-state index in [1.54, 1.807) is 18.2 Å². The van der Waals surface area contributed by atoms with Crippen LogP contribution in [0.4, 0.5) is 4.39 Å². The van der Waals surface area contributed by atoms with Gasteiger partial charge in [0.15, 0.2) is 5.78 Å². The molecule has 0 saturated heterocycles. The molecule has 2 rings (SSSR count). The second-order valence-corrected chi connectivity index (χ2v) is 5.27. The van der Waals surface area contributed by atoms with Gasteiger partial charge in [-0.05, 0) is 42.8 Å². The van der Waals surface area contributed by atoms with E-state index in [2.05, 4.69) is 0 Å². The molecule has 5 heteroatoms. The van der Waals surface area contributed by atoms with E-state index in [9.17, 15) is 9.18 Å². The van der Waals surface area contributed by atoms with Crippen LogP contribution in [-0.4, -0.2) is 12.4 Å². The highest BCUT2D eigenvalue weighted by Crippen LogP contribution is 2.26. The average Bonchev–Trinajstić information content (AvgIpc) is 2.47. The molecular formula is C16H13Cl2FO2. The molecule has 21 heavy (non-hydrogen) atoms. The van der Waals surface area contributed by atoms with E-state index in [0.29, 0.717) is 40.8 Å². The van der Waals surface area contributed by atoms with Crippen LogP contribution in [0.1, 0.15) is 23.2 Å². The van der Waals surface area contributed by atoms with Gasteiger partial charge >= 0.3 is 0 Å². The summed E-state index contributed by atoms with van der Waals surface area (Å²) in [7, 11) is 0. The molecule has 0 bridgehead atoms. The number of ether oxygens (including phenoxy) is 1. The van der Waals surface area contributed by atoms with Gasteiger partial charge in [0.05, 0.1) is 16.7 Å². The molecule has 0 N–H and O–H groups in total. The van der Waals surface area contributed by atoms with E-state index in [-0.39, 0.29) is 11.6 Å². The molecule has 0 aromatic heterocycles. The molecule has 110 valence electrons. The van der Waals surface area contributed by atoms with Crippen LogP contribution in [0.2, 0.25) is 10.0 Å². The van der Waals surface area contributed by atoms with Crippen molar-refractivity contribution in [3.05, 3.63) is 63.9 Å². The number of ketones is 1. The first-order valence-corrected chi connectivity index (χ1v) is 7.18. The lowest BCUT2D eigenvalue weighted by atomic mass is 10.1. The van der Waals surface area contributed by atoms with Gasteiger partial charge in [-0.25, -0.2) is 4.39 Å². The third-order valence-corrected chi connectivity index (χ3v) is 3.61. The summed E-state index contributed by atoms with van der Waals surface area (Å²) in [4.78, 5) is 11.8. The van der Waals surface area contributed by atoms with Gasteiger partial charge in [-0.3, -0.25) is 4.79 Å². The molecule has 0 aliphatic rings. The molecule has 2 aromatic carbocycles. The lowest BCUT2D eigenvalue weighted by Gasteiger charge is -2.07. The molecule has 0 atom stereocenters. The highest BCUT2D eigenvalue weighted by atomic mass is 35.5. The Hall–Kier alpha value is -1.58. The summed E-state index contributed by atoms with van der Waals surface area (Å²) in [6.45, 7) is 0.394. The van der Waals surface area contributed by atoms with Gasteiger partial charge in [0, 0.05) is 18.1 Å². The van der Waals surface area contributed by atoms with Crippen molar-refractivity contribution in [3.63, 3.8) is 0 Å². The second kappa shape index (κ2) is 7.43. The number of halogens is 3. The summed E-state index contributed by atoms with van der Waals surface area (Å²) >= 11 is 11.7. The molecule has 2 nitrogen and oxygen atoms in total. The summed E-state index contributed by atoms with van der Waals surface area (Å²) in [5, 5.41) is 0.895. The molecule has 0 spiro atoms. The van der Waals surface area contributed by atoms with Crippen LogP contribution in [0.15, 0.2) is 42.5 Å². The molecule has 0 heterocycles. The third-order valence-electron chi connectivity index (χ3n) is 2.87. The van der Waals surface area contributed by atoms with Crippen molar-refractivity contribution in [2.75, 3.05) is 6.61 Å². The van der Waals surface area contributed by atoms with E-state index in [4.69, 9.17) is 27.9 Å². The van der Waals surface area contributed by atoms with E-state index < -0.39 is 0 Å². The number of carbonyl (C=O) groups is 1. The van der Waals surface area contributed by atoms with Crippen molar-refractivity contribution < 1.29 is 13.9 Å². The zero-order valence-corrected chi connectivity index (χ0v) is 12.6. The van der Waals surface area contributed by atoms with Crippen LogP contribution >= 0.6 is 23.2 Å². The summed E-state index contributed by atoms with van der Waals surface area (Å²) < 4.78 is 18.2. The Kier molecular flexibility index (Phi) is 5.59. The topological polar surface area (TPSA) is 26.3 Å². The third kappa shape index (κ3) is 4.73. The highest BCUT2D eigenvalue weighted by Gasteiger charge is 2.06. The lowest BCUT2D eigenvalue weighted by molar-refractivity contribution is 0.0973. The number of hydrogen-bond donors (Lipinski definition) is 0. The lowest BCUT2D eigenvalue weighted by Crippen LogP contribution is -2.04. The van der Waals surface area contributed by atoms with Gasteiger partial charge in [0.1, 0.15) is 11.6 Å². The van der Waals surface area contributed by atoms with Crippen LogP contribution in [0.3, 0.4) is 0 Å². The molecule has 0 saturated carbocycles. The Balaban J connectivity index is 1.77. The van der Waals surface area contributed by atoms with Crippen molar-refractivity contribution >= 4 is 29.0 Å². The number of Topliss-reactive ketones (excluding diaryl/α,β-unsaturated/α-hetero) is 1. The number of hydrogen-bond acceptors (Lipinski definition) is 2. The summed E-state index contributed by atoms with van der Waals surface area (Å²) in [5.41, 5.74) is 0.505. The van der Waals surface area contributed by atoms with Gasteiger partial charge in [-0.2, -0.15) is 0 Å². The minimum Gasteiger partial charge on any atom is -0.494 e. The smallest absolute Gasteiger partial charge is 0.163 e. The van der Waals surface area contributed by atoms with Crippen molar-refractivity contribution in [3.8, 4) is 5.75 Å². The number of benzene rings is 2. The molecule has 0 aliphatic heterocycles. The first kappa shape index (κ1) is 15.8.